The molecule has 2 heterocycles. The van der Waals surface area contributed by atoms with Crippen molar-refractivity contribution in [3.05, 3.63) is 280 Å². The van der Waals surface area contributed by atoms with E-state index in [2.05, 4.69) is 161 Å². The maximum Gasteiger partial charge on any atom is 0.340 e. The number of rotatable bonds is 19. The zero-order valence-corrected chi connectivity index (χ0v) is 52.1. The fourth-order valence-electron chi connectivity index (χ4n) is 11.7. The molecule has 11 heteroatoms. The molecule has 0 spiro atoms. The third-order valence-electron chi connectivity index (χ3n) is 16.4. The number of esters is 2. The standard InChI is InChI=1S/C38H41N3O2.C37H39N3O3/c1-8-34(36(27-16-20-30(21-17-27)39(4)5)28-18-22-31(23-19-28)40(6)7)38(29-14-12-11-13-15-29)35-25-24-32(41(9-2)10-3)26-33(35)37(42)43-38;1-9-33(35(25-10-16-28(17-11-25)38(2)3)26-12-18-29(19-13-26)39(4)5)37(27-14-21-31(42-8)22-15-27)34-23-20-30(40(6)7)24-32(34)36(41)43-37/h8,11-26H,1,9-10H2,2-7H3;9-24H,1H2,2-8H3. The van der Waals surface area contributed by atoms with Crippen LogP contribution < -0.4 is 34.1 Å². The lowest BCUT2D eigenvalue weighted by Gasteiger charge is -2.33. The predicted octanol–water partition coefficient (Wildman–Crippen LogP) is 14.8. The van der Waals surface area contributed by atoms with Crippen LogP contribution in [-0.2, 0) is 20.7 Å². The third-order valence-corrected chi connectivity index (χ3v) is 16.4. The number of nitrogens with zero attached hydrogens (tertiary/aromatic N) is 6. The smallest absolute Gasteiger partial charge is 0.340 e. The van der Waals surface area contributed by atoms with Crippen LogP contribution in [0.2, 0.25) is 0 Å². The number of hydrogen-bond donors (Lipinski definition) is 0. The van der Waals surface area contributed by atoms with E-state index in [4.69, 9.17) is 14.2 Å². The summed E-state index contributed by atoms with van der Waals surface area (Å²) < 4.78 is 18.7. The summed E-state index contributed by atoms with van der Waals surface area (Å²) in [7, 11) is 21.8. The van der Waals surface area contributed by atoms with Gasteiger partial charge in [0.15, 0.2) is 11.2 Å². The van der Waals surface area contributed by atoms with Gasteiger partial charge in [0.1, 0.15) is 5.75 Å². The number of cyclic esters (lactones) is 2. The first kappa shape index (κ1) is 60.8. The number of methoxy groups -OCH3 is 1. The van der Waals surface area contributed by atoms with Crippen LogP contribution in [0.1, 0.15) is 79.1 Å². The molecule has 11 nitrogen and oxygen atoms in total. The van der Waals surface area contributed by atoms with Gasteiger partial charge in [-0.2, -0.15) is 0 Å². The van der Waals surface area contributed by atoms with Crippen molar-refractivity contribution in [3.63, 3.8) is 0 Å². The molecule has 0 aliphatic carbocycles. The minimum Gasteiger partial charge on any atom is -0.497 e. The van der Waals surface area contributed by atoms with Gasteiger partial charge in [-0.3, -0.25) is 0 Å². The molecular weight excluding hydrogens is 1060 g/mol. The zero-order chi connectivity index (χ0) is 61.6. The molecule has 8 aromatic rings. The Kier molecular flexibility index (Phi) is 18.1. The van der Waals surface area contributed by atoms with Crippen LogP contribution in [0.4, 0.5) is 34.1 Å². The van der Waals surface area contributed by atoms with E-state index in [9.17, 15) is 9.59 Å². The summed E-state index contributed by atoms with van der Waals surface area (Å²) in [5.74, 6) is 0.00547. The van der Waals surface area contributed by atoms with E-state index in [1.165, 1.54) is 0 Å². The first-order valence-corrected chi connectivity index (χ1v) is 29.1. The fraction of sp³-hybridized carbons (Fsp3) is 0.227. The minimum absolute atomic E-state index is 0.336. The van der Waals surface area contributed by atoms with Crippen molar-refractivity contribution in [3.8, 4) is 5.75 Å². The lowest BCUT2D eigenvalue weighted by atomic mass is 9.75. The molecule has 2 unspecified atom stereocenters. The molecule has 2 aliphatic rings. The number of benzene rings is 8. The van der Waals surface area contributed by atoms with Crippen molar-refractivity contribution in [2.75, 3.05) is 120 Å². The number of ether oxygens (including phenoxy) is 3. The lowest BCUT2D eigenvalue weighted by Crippen LogP contribution is -2.31. The van der Waals surface area contributed by atoms with E-state index in [-0.39, 0.29) is 11.9 Å². The van der Waals surface area contributed by atoms with E-state index in [0.29, 0.717) is 16.9 Å². The number of anilines is 6. The second-order valence-corrected chi connectivity index (χ2v) is 22.5. The molecule has 0 saturated carbocycles. The Labute approximate surface area is 509 Å². The summed E-state index contributed by atoms with van der Waals surface area (Å²) in [6.45, 7) is 14.6. The average Bonchev–Trinajstić information content (AvgIpc) is 1.57. The number of fused-ring (bicyclic) bond motifs is 2. The van der Waals surface area contributed by atoms with Crippen LogP contribution in [0.25, 0.3) is 11.1 Å². The number of hydrogen-bond acceptors (Lipinski definition) is 11. The maximum absolute atomic E-state index is 13.9. The fourth-order valence-corrected chi connectivity index (χ4v) is 11.7. The molecule has 2 aliphatic heterocycles. The van der Waals surface area contributed by atoms with Gasteiger partial charge in [-0.15, -0.1) is 0 Å². The van der Waals surface area contributed by atoms with Gasteiger partial charge < -0.3 is 43.6 Å². The van der Waals surface area contributed by atoms with E-state index < -0.39 is 11.2 Å². The van der Waals surface area contributed by atoms with Crippen LogP contribution in [0.3, 0.4) is 0 Å². The first-order valence-electron chi connectivity index (χ1n) is 29.1. The Bertz CT molecular complexity index is 3700. The summed E-state index contributed by atoms with van der Waals surface area (Å²) in [6, 6.07) is 63.7. The average molecular weight is 1150 g/mol. The Balaban J connectivity index is 0.000000205. The summed E-state index contributed by atoms with van der Waals surface area (Å²) in [6.07, 6.45) is 3.70. The zero-order valence-electron chi connectivity index (χ0n) is 52.1. The van der Waals surface area contributed by atoms with Gasteiger partial charge in [0.05, 0.1) is 18.2 Å². The minimum atomic E-state index is -1.25. The van der Waals surface area contributed by atoms with Gasteiger partial charge in [-0.1, -0.05) is 128 Å². The van der Waals surface area contributed by atoms with E-state index in [0.717, 1.165) is 114 Å². The molecular formula is C75H80N6O5. The van der Waals surface area contributed by atoms with Gasteiger partial charge in [0, 0.05) is 151 Å². The van der Waals surface area contributed by atoms with E-state index in [1.807, 2.05) is 166 Å². The number of carbonyl (C=O) groups excluding carboxylic acids is 2. The molecule has 0 bridgehead atoms. The summed E-state index contributed by atoms with van der Waals surface area (Å²) >= 11 is 0. The van der Waals surface area contributed by atoms with Crippen LogP contribution in [0.5, 0.6) is 5.75 Å². The highest BCUT2D eigenvalue weighted by Crippen LogP contribution is 2.54. The van der Waals surface area contributed by atoms with Crippen molar-refractivity contribution in [2.24, 2.45) is 0 Å². The second-order valence-electron chi connectivity index (χ2n) is 22.5. The molecule has 8 aromatic carbocycles. The van der Waals surface area contributed by atoms with Crippen LogP contribution in [0.15, 0.2) is 225 Å². The Morgan fingerprint density at radius 2 is 0.733 bits per heavy atom. The van der Waals surface area contributed by atoms with Crippen molar-refractivity contribution < 1.29 is 23.8 Å². The van der Waals surface area contributed by atoms with Gasteiger partial charge >= 0.3 is 11.9 Å². The summed E-state index contributed by atoms with van der Waals surface area (Å²) in [5.41, 5.74) is 15.7. The molecule has 2 atom stereocenters. The highest BCUT2D eigenvalue weighted by atomic mass is 16.6. The van der Waals surface area contributed by atoms with Crippen LogP contribution >= 0.6 is 0 Å². The molecule has 10 rings (SSSR count). The molecule has 0 N–H and O–H groups in total. The third kappa shape index (κ3) is 11.5. The maximum atomic E-state index is 13.9. The van der Waals surface area contributed by atoms with Gasteiger partial charge in [-0.25, -0.2) is 9.59 Å². The largest absolute Gasteiger partial charge is 0.497 e. The molecule has 0 fully saturated rings. The van der Waals surface area contributed by atoms with Crippen molar-refractivity contribution >= 4 is 57.2 Å². The second kappa shape index (κ2) is 25.6. The van der Waals surface area contributed by atoms with Gasteiger partial charge in [-0.05, 0) is 132 Å². The number of carbonyl (C=O) groups is 2. The SMILES string of the molecule is C=CC(=C(c1ccc(N(C)C)cc1)c1ccc(N(C)C)cc1)C1(c2ccc(OC)cc2)OC(=O)c2cc(N(C)C)ccc21.C=CC(=C(c1ccc(N(C)C)cc1)c1ccc(N(C)C)cc1)C1(c2ccccc2)OC(=O)c2cc(N(CC)CC)ccc21. The quantitative estimate of drug-likeness (QED) is 0.0574. The van der Waals surface area contributed by atoms with Crippen molar-refractivity contribution in [1.29, 1.82) is 0 Å². The molecule has 0 aromatic heterocycles. The van der Waals surface area contributed by atoms with Crippen molar-refractivity contribution in [1.82, 2.24) is 0 Å². The van der Waals surface area contributed by atoms with Gasteiger partial charge in [0.2, 0.25) is 0 Å². The predicted molar refractivity (Wildman–Crippen MR) is 358 cm³/mol. The topological polar surface area (TPSA) is 81.3 Å². The van der Waals surface area contributed by atoms with E-state index >= 15 is 0 Å². The Morgan fingerprint density at radius 1 is 0.419 bits per heavy atom. The van der Waals surface area contributed by atoms with Crippen LogP contribution in [-0.4, -0.2) is 103 Å². The molecule has 0 radical (unpaired) electrons. The van der Waals surface area contributed by atoms with Crippen molar-refractivity contribution in [2.45, 2.75) is 25.0 Å². The van der Waals surface area contributed by atoms with Crippen LogP contribution in [0, 0.1) is 0 Å². The summed E-state index contributed by atoms with van der Waals surface area (Å²) in [4.78, 5) is 40.2. The van der Waals surface area contributed by atoms with E-state index in [1.54, 1.807) is 7.11 Å². The highest BCUT2D eigenvalue weighted by molar-refractivity contribution is 6.01. The Hall–Kier alpha value is -9.74. The molecule has 0 amide bonds. The molecule has 440 valence electrons. The van der Waals surface area contributed by atoms with Gasteiger partial charge in [0.25, 0.3) is 0 Å². The first-order chi connectivity index (χ1) is 41.3. The Morgan fingerprint density at radius 3 is 1.05 bits per heavy atom. The highest BCUT2D eigenvalue weighted by Gasteiger charge is 2.52. The summed E-state index contributed by atoms with van der Waals surface area (Å²) in [5, 5.41) is 0. The molecule has 86 heavy (non-hydrogen) atoms. The normalized spacial score (nSPS) is 15.3. The molecule has 0 saturated heterocycles. The monoisotopic (exact) mass is 1140 g/mol. The lowest BCUT2D eigenvalue weighted by molar-refractivity contribution is 0.0242.